The van der Waals surface area contributed by atoms with Gasteiger partial charge in [0.15, 0.2) is 0 Å². The van der Waals surface area contributed by atoms with Gasteiger partial charge in [-0.1, -0.05) is 35.9 Å². The highest BCUT2D eigenvalue weighted by Gasteiger charge is 2.30. The summed E-state index contributed by atoms with van der Waals surface area (Å²) < 4.78 is 7.11. The molecule has 1 aliphatic heterocycles. The van der Waals surface area contributed by atoms with Gasteiger partial charge in [-0.25, -0.2) is 0 Å². The number of rotatable bonds is 1. The van der Waals surface area contributed by atoms with Crippen molar-refractivity contribution in [2.45, 2.75) is 26.4 Å². The SMILES string of the molecule is CC(C)C1(C)C=Cc2cc(Br)ccc2O1. The van der Waals surface area contributed by atoms with Crippen LogP contribution in [0.3, 0.4) is 0 Å². The first-order chi connectivity index (χ1) is 7.01. The number of hydrogen-bond donors (Lipinski definition) is 0. The van der Waals surface area contributed by atoms with Crippen LogP contribution in [0, 0.1) is 5.92 Å². The summed E-state index contributed by atoms with van der Waals surface area (Å²) in [4.78, 5) is 0. The minimum Gasteiger partial charge on any atom is -0.483 e. The molecule has 0 radical (unpaired) electrons. The molecular formula is C13H15BrO. The van der Waals surface area contributed by atoms with Crippen molar-refractivity contribution in [2.75, 3.05) is 0 Å². The van der Waals surface area contributed by atoms with E-state index in [2.05, 4.69) is 54.9 Å². The zero-order valence-electron chi connectivity index (χ0n) is 9.25. The first-order valence-electron chi connectivity index (χ1n) is 5.19. The third-order valence-electron chi connectivity index (χ3n) is 3.04. The van der Waals surface area contributed by atoms with E-state index in [1.165, 1.54) is 0 Å². The summed E-state index contributed by atoms with van der Waals surface area (Å²) in [6.45, 7) is 6.47. The van der Waals surface area contributed by atoms with Gasteiger partial charge in [0.25, 0.3) is 0 Å². The molecule has 0 saturated heterocycles. The Labute approximate surface area is 99.3 Å². The molecule has 0 spiro atoms. The van der Waals surface area contributed by atoms with Crippen LogP contribution in [0.5, 0.6) is 5.75 Å². The second kappa shape index (κ2) is 3.67. The molecule has 0 aromatic heterocycles. The van der Waals surface area contributed by atoms with Crippen molar-refractivity contribution in [3.63, 3.8) is 0 Å². The maximum atomic E-state index is 6.03. The molecule has 0 bridgehead atoms. The molecule has 0 saturated carbocycles. The number of benzene rings is 1. The van der Waals surface area contributed by atoms with Crippen molar-refractivity contribution < 1.29 is 4.74 Å². The summed E-state index contributed by atoms with van der Waals surface area (Å²) in [7, 11) is 0. The van der Waals surface area contributed by atoms with E-state index in [-0.39, 0.29) is 5.60 Å². The molecule has 80 valence electrons. The largest absolute Gasteiger partial charge is 0.483 e. The Morgan fingerprint density at radius 1 is 1.33 bits per heavy atom. The van der Waals surface area contributed by atoms with E-state index in [0.29, 0.717) is 5.92 Å². The molecule has 0 fully saturated rings. The molecule has 2 heteroatoms. The Bertz CT molecular complexity index is 409. The predicted octanol–water partition coefficient (Wildman–Crippen LogP) is 4.27. The lowest BCUT2D eigenvalue weighted by Gasteiger charge is -2.35. The third kappa shape index (κ3) is 1.96. The van der Waals surface area contributed by atoms with E-state index < -0.39 is 0 Å². The first kappa shape index (κ1) is 10.7. The van der Waals surface area contributed by atoms with Crippen molar-refractivity contribution >= 4 is 22.0 Å². The maximum absolute atomic E-state index is 6.03. The van der Waals surface area contributed by atoms with Crippen molar-refractivity contribution in [3.8, 4) is 5.75 Å². The molecule has 15 heavy (non-hydrogen) atoms. The molecule has 0 amide bonds. The van der Waals surface area contributed by atoms with Crippen molar-refractivity contribution in [2.24, 2.45) is 5.92 Å². The smallest absolute Gasteiger partial charge is 0.127 e. The lowest BCUT2D eigenvalue weighted by atomic mass is 9.89. The molecule has 0 N–H and O–H groups in total. The highest BCUT2D eigenvalue weighted by molar-refractivity contribution is 9.10. The number of halogens is 1. The molecule has 1 nitrogen and oxygen atoms in total. The Balaban J connectivity index is 2.40. The quantitative estimate of drug-likeness (QED) is 0.738. The van der Waals surface area contributed by atoms with Crippen LogP contribution in [0.25, 0.3) is 6.08 Å². The van der Waals surface area contributed by atoms with Crippen molar-refractivity contribution in [3.05, 3.63) is 34.3 Å². The molecular weight excluding hydrogens is 252 g/mol. The summed E-state index contributed by atoms with van der Waals surface area (Å²) in [6, 6.07) is 6.11. The van der Waals surface area contributed by atoms with Gasteiger partial charge in [-0.2, -0.15) is 0 Å². The van der Waals surface area contributed by atoms with Crippen LogP contribution in [0.2, 0.25) is 0 Å². The Hall–Kier alpha value is -0.760. The first-order valence-corrected chi connectivity index (χ1v) is 5.98. The topological polar surface area (TPSA) is 9.23 Å². The molecule has 1 aliphatic rings. The molecule has 1 aromatic rings. The predicted molar refractivity (Wildman–Crippen MR) is 67.0 cm³/mol. The Kier molecular flexibility index (Phi) is 2.63. The second-order valence-corrected chi connectivity index (χ2v) is 5.37. The van der Waals surface area contributed by atoms with E-state index in [0.717, 1.165) is 15.8 Å². The average molecular weight is 267 g/mol. The molecule has 1 unspecified atom stereocenters. The van der Waals surface area contributed by atoms with Crippen LogP contribution in [0.4, 0.5) is 0 Å². The van der Waals surface area contributed by atoms with Gasteiger partial charge in [0.2, 0.25) is 0 Å². The molecule has 1 aromatic carbocycles. The van der Waals surface area contributed by atoms with E-state index in [1.54, 1.807) is 0 Å². The van der Waals surface area contributed by atoms with Gasteiger partial charge in [-0.05, 0) is 37.1 Å². The van der Waals surface area contributed by atoms with Gasteiger partial charge in [0.05, 0.1) is 0 Å². The van der Waals surface area contributed by atoms with E-state index in [9.17, 15) is 0 Å². The van der Waals surface area contributed by atoms with Crippen molar-refractivity contribution in [1.29, 1.82) is 0 Å². The Morgan fingerprint density at radius 2 is 2.07 bits per heavy atom. The number of ether oxygens (including phenoxy) is 1. The fraction of sp³-hybridized carbons (Fsp3) is 0.385. The van der Waals surface area contributed by atoms with Crippen molar-refractivity contribution in [1.82, 2.24) is 0 Å². The summed E-state index contributed by atoms with van der Waals surface area (Å²) in [5.41, 5.74) is 0.961. The standard InChI is InChI=1S/C13H15BrO/c1-9(2)13(3)7-6-10-8-11(14)4-5-12(10)15-13/h4-9H,1-3H3. The fourth-order valence-corrected chi connectivity index (χ4v) is 1.96. The van der Waals surface area contributed by atoms with E-state index in [4.69, 9.17) is 4.74 Å². The van der Waals surface area contributed by atoms with Crippen LogP contribution in [0.1, 0.15) is 26.3 Å². The highest BCUT2D eigenvalue weighted by atomic mass is 79.9. The number of hydrogen-bond acceptors (Lipinski definition) is 1. The maximum Gasteiger partial charge on any atom is 0.127 e. The summed E-state index contributed by atoms with van der Waals surface area (Å²) in [6.07, 6.45) is 4.29. The average Bonchev–Trinajstić information content (AvgIpc) is 2.18. The monoisotopic (exact) mass is 266 g/mol. The zero-order chi connectivity index (χ0) is 11.1. The lowest BCUT2D eigenvalue weighted by molar-refractivity contribution is 0.0875. The summed E-state index contributed by atoms with van der Waals surface area (Å²) in [5, 5.41) is 0. The minimum absolute atomic E-state index is 0.180. The third-order valence-corrected chi connectivity index (χ3v) is 3.54. The molecule has 1 heterocycles. The van der Waals surface area contributed by atoms with Gasteiger partial charge < -0.3 is 4.74 Å². The van der Waals surface area contributed by atoms with E-state index >= 15 is 0 Å². The second-order valence-electron chi connectivity index (χ2n) is 4.46. The normalized spacial score (nSPS) is 23.8. The fourth-order valence-electron chi connectivity index (χ4n) is 1.58. The molecule has 1 atom stereocenters. The minimum atomic E-state index is -0.180. The van der Waals surface area contributed by atoms with Crippen LogP contribution in [-0.4, -0.2) is 5.60 Å². The van der Waals surface area contributed by atoms with Gasteiger partial charge in [0.1, 0.15) is 11.4 Å². The van der Waals surface area contributed by atoms with Crippen LogP contribution < -0.4 is 4.74 Å². The summed E-state index contributed by atoms with van der Waals surface area (Å²) in [5.74, 6) is 1.43. The molecule has 2 rings (SSSR count). The zero-order valence-corrected chi connectivity index (χ0v) is 10.8. The van der Waals surface area contributed by atoms with Gasteiger partial charge in [-0.3, -0.25) is 0 Å². The van der Waals surface area contributed by atoms with E-state index in [1.807, 2.05) is 12.1 Å². The lowest BCUT2D eigenvalue weighted by Crippen LogP contribution is -2.37. The van der Waals surface area contributed by atoms with Gasteiger partial charge >= 0.3 is 0 Å². The number of fused-ring (bicyclic) bond motifs is 1. The molecule has 0 aliphatic carbocycles. The van der Waals surface area contributed by atoms with Gasteiger partial charge in [0, 0.05) is 10.0 Å². The van der Waals surface area contributed by atoms with Crippen LogP contribution in [-0.2, 0) is 0 Å². The van der Waals surface area contributed by atoms with Crippen LogP contribution in [0.15, 0.2) is 28.7 Å². The highest BCUT2D eigenvalue weighted by Crippen LogP contribution is 2.35. The van der Waals surface area contributed by atoms with Gasteiger partial charge in [-0.15, -0.1) is 0 Å². The Morgan fingerprint density at radius 3 is 2.73 bits per heavy atom. The van der Waals surface area contributed by atoms with Crippen LogP contribution >= 0.6 is 15.9 Å². The summed E-state index contributed by atoms with van der Waals surface area (Å²) >= 11 is 3.46.